The van der Waals surface area contributed by atoms with Crippen molar-refractivity contribution in [1.82, 2.24) is 21.2 Å². The van der Waals surface area contributed by atoms with Gasteiger partial charge in [0.05, 0.1) is 11.1 Å². The lowest BCUT2D eigenvalue weighted by molar-refractivity contribution is -0.139. The van der Waals surface area contributed by atoms with E-state index in [2.05, 4.69) is 21.2 Å². The highest BCUT2D eigenvalue weighted by Crippen LogP contribution is 2.40. The van der Waals surface area contributed by atoms with E-state index in [4.69, 9.17) is 0 Å². The Labute approximate surface area is 145 Å². The Morgan fingerprint density at radius 2 is 1.80 bits per heavy atom. The van der Waals surface area contributed by atoms with Crippen molar-refractivity contribution < 1.29 is 14.4 Å². The molecule has 1 aliphatic rings. The van der Waals surface area contributed by atoms with Crippen molar-refractivity contribution in [3.63, 3.8) is 0 Å². The maximum absolute atomic E-state index is 12.5. The molecule has 1 saturated carbocycles. The predicted octanol–water partition coefficient (Wildman–Crippen LogP) is 1.40. The second kappa shape index (κ2) is 6.88. The summed E-state index contributed by atoms with van der Waals surface area (Å²) in [6, 6.07) is 8.95. The lowest BCUT2D eigenvalue weighted by Crippen LogP contribution is -2.49. The van der Waals surface area contributed by atoms with Gasteiger partial charge in [0.1, 0.15) is 0 Å². The maximum Gasteiger partial charge on any atom is 0.327 e. The van der Waals surface area contributed by atoms with Crippen molar-refractivity contribution in [2.45, 2.75) is 38.6 Å². The van der Waals surface area contributed by atoms with Gasteiger partial charge in [0.2, 0.25) is 0 Å². The molecule has 7 nitrogen and oxygen atoms in total. The maximum atomic E-state index is 12.5. The van der Waals surface area contributed by atoms with Gasteiger partial charge in [-0.05, 0) is 38.8 Å². The summed E-state index contributed by atoms with van der Waals surface area (Å²) in [6.07, 6.45) is 2.14. The van der Waals surface area contributed by atoms with Gasteiger partial charge in [-0.1, -0.05) is 18.2 Å². The summed E-state index contributed by atoms with van der Waals surface area (Å²) in [5, 5.41) is 3.16. The van der Waals surface area contributed by atoms with E-state index < -0.39 is 17.7 Å². The normalized spacial score (nSPS) is 13.6. The number of hydrogen-bond donors (Lipinski definition) is 3. The minimum Gasteiger partial charge on any atom is -0.346 e. The van der Waals surface area contributed by atoms with Gasteiger partial charge in [0.15, 0.2) is 0 Å². The summed E-state index contributed by atoms with van der Waals surface area (Å²) in [5.41, 5.74) is 6.50. The van der Waals surface area contributed by atoms with E-state index in [1.165, 1.54) is 0 Å². The van der Waals surface area contributed by atoms with E-state index >= 15 is 0 Å². The Bertz CT molecular complexity index is 843. The van der Waals surface area contributed by atoms with E-state index in [1.54, 1.807) is 26.0 Å². The molecule has 7 heteroatoms. The minimum absolute atomic E-state index is 0.167. The third-order valence-corrected chi connectivity index (χ3v) is 3.89. The highest BCUT2D eigenvalue weighted by molar-refractivity contribution is 6.35. The van der Waals surface area contributed by atoms with Gasteiger partial charge in [0.25, 0.3) is 5.91 Å². The number of rotatable bonds is 3. The smallest absolute Gasteiger partial charge is 0.327 e. The number of aromatic nitrogens is 1. The van der Waals surface area contributed by atoms with Crippen molar-refractivity contribution in [2.75, 3.05) is 0 Å². The molecule has 2 aromatic rings. The molecule has 1 aromatic heterocycles. The first kappa shape index (κ1) is 16.9. The largest absolute Gasteiger partial charge is 0.346 e. The molecule has 1 fully saturated rings. The number of para-hydroxylation sites is 1. The fraction of sp³-hybridized carbons (Fsp3) is 0.333. The van der Waals surface area contributed by atoms with Crippen LogP contribution in [-0.2, 0) is 9.59 Å². The molecular weight excluding hydrogens is 320 g/mol. The molecule has 0 atom stereocenters. The Kier molecular flexibility index (Phi) is 4.65. The Balaban J connectivity index is 1.77. The lowest BCUT2D eigenvalue weighted by atomic mass is 10.1. The number of amides is 3. The predicted molar refractivity (Wildman–Crippen MR) is 92.6 cm³/mol. The molecule has 0 spiro atoms. The van der Waals surface area contributed by atoms with Crippen LogP contribution in [0.15, 0.2) is 30.3 Å². The second-order valence-corrected chi connectivity index (χ2v) is 6.42. The first-order valence-electron chi connectivity index (χ1n) is 8.26. The Morgan fingerprint density at radius 3 is 2.48 bits per heavy atom. The standard InChI is InChI=1S/C18H20N4O3/c1-10(2)19-17(24)18(25)22-21-16(23)13-9-15(11-7-8-11)20-14-6-4-3-5-12(13)14/h3-6,9-11H,7-8H2,1-2H3,(H,19,24)(H,21,23)(H,22,25). The molecule has 25 heavy (non-hydrogen) atoms. The average Bonchev–Trinajstić information content (AvgIpc) is 3.42. The monoisotopic (exact) mass is 340 g/mol. The number of fused-ring (bicyclic) bond motifs is 1. The van der Waals surface area contributed by atoms with Crippen molar-refractivity contribution >= 4 is 28.6 Å². The molecule has 1 aromatic carbocycles. The summed E-state index contributed by atoms with van der Waals surface area (Å²) in [6.45, 7) is 3.48. The van der Waals surface area contributed by atoms with Crippen LogP contribution in [0.1, 0.15) is 48.7 Å². The zero-order valence-corrected chi connectivity index (χ0v) is 14.1. The summed E-state index contributed by atoms with van der Waals surface area (Å²) in [5.74, 6) is -1.80. The Morgan fingerprint density at radius 1 is 1.08 bits per heavy atom. The second-order valence-electron chi connectivity index (χ2n) is 6.42. The van der Waals surface area contributed by atoms with Crippen LogP contribution in [0.2, 0.25) is 0 Å². The van der Waals surface area contributed by atoms with Crippen LogP contribution in [0.5, 0.6) is 0 Å². The fourth-order valence-electron chi connectivity index (χ4n) is 2.54. The zero-order chi connectivity index (χ0) is 18.0. The van der Waals surface area contributed by atoms with Gasteiger partial charge in [0, 0.05) is 23.0 Å². The zero-order valence-electron chi connectivity index (χ0n) is 14.1. The third kappa shape index (κ3) is 3.93. The highest BCUT2D eigenvalue weighted by atomic mass is 16.2. The average molecular weight is 340 g/mol. The number of carbonyl (C=O) groups is 3. The summed E-state index contributed by atoms with van der Waals surface area (Å²) < 4.78 is 0. The van der Waals surface area contributed by atoms with E-state index in [1.807, 2.05) is 18.2 Å². The number of carbonyl (C=O) groups excluding carboxylic acids is 3. The molecule has 0 unspecified atom stereocenters. The molecule has 130 valence electrons. The van der Waals surface area contributed by atoms with Crippen LogP contribution in [-0.4, -0.2) is 28.7 Å². The van der Waals surface area contributed by atoms with E-state index in [-0.39, 0.29) is 6.04 Å². The van der Waals surface area contributed by atoms with Gasteiger partial charge in [-0.3, -0.25) is 30.2 Å². The van der Waals surface area contributed by atoms with Crippen LogP contribution in [0, 0.1) is 0 Å². The summed E-state index contributed by atoms with van der Waals surface area (Å²) in [4.78, 5) is 40.4. The quantitative estimate of drug-likeness (QED) is 0.581. The SMILES string of the molecule is CC(C)NC(=O)C(=O)NNC(=O)c1cc(C2CC2)nc2ccccc12. The van der Waals surface area contributed by atoms with E-state index in [0.717, 1.165) is 24.1 Å². The van der Waals surface area contributed by atoms with Crippen LogP contribution < -0.4 is 16.2 Å². The van der Waals surface area contributed by atoms with E-state index in [0.29, 0.717) is 16.9 Å². The molecule has 0 aliphatic heterocycles. The molecule has 0 saturated heterocycles. The van der Waals surface area contributed by atoms with Crippen molar-refractivity contribution in [3.05, 3.63) is 41.6 Å². The molecule has 0 bridgehead atoms. The van der Waals surface area contributed by atoms with Crippen molar-refractivity contribution in [1.29, 1.82) is 0 Å². The number of hydrazine groups is 1. The number of hydrogen-bond acceptors (Lipinski definition) is 4. The Hall–Kier alpha value is -2.96. The number of nitrogens with one attached hydrogen (secondary N) is 3. The van der Waals surface area contributed by atoms with Gasteiger partial charge in [-0.25, -0.2) is 0 Å². The van der Waals surface area contributed by atoms with E-state index in [9.17, 15) is 14.4 Å². The number of benzene rings is 1. The molecular formula is C18H20N4O3. The van der Waals surface area contributed by atoms with Crippen LogP contribution in [0.25, 0.3) is 10.9 Å². The topological polar surface area (TPSA) is 100 Å². The molecule has 1 heterocycles. The highest BCUT2D eigenvalue weighted by Gasteiger charge is 2.27. The van der Waals surface area contributed by atoms with Gasteiger partial charge >= 0.3 is 11.8 Å². The van der Waals surface area contributed by atoms with Crippen LogP contribution >= 0.6 is 0 Å². The van der Waals surface area contributed by atoms with Gasteiger partial charge < -0.3 is 5.32 Å². The minimum atomic E-state index is -0.914. The molecule has 3 amide bonds. The first-order valence-corrected chi connectivity index (χ1v) is 8.26. The molecule has 3 rings (SSSR count). The lowest BCUT2D eigenvalue weighted by Gasteiger charge is -2.12. The van der Waals surface area contributed by atoms with Gasteiger partial charge in [-0.2, -0.15) is 0 Å². The van der Waals surface area contributed by atoms with Crippen molar-refractivity contribution in [3.8, 4) is 0 Å². The number of pyridine rings is 1. The van der Waals surface area contributed by atoms with Crippen LogP contribution in [0.3, 0.4) is 0 Å². The van der Waals surface area contributed by atoms with Gasteiger partial charge in [-0.15, -0.1) is 0 Å². The summed E-state index contributed by atoms with van der Waals surface area (Å²) in [7, 11) is 0. The van der Waals surface area contributed by atoms with Crippen molar-refractivity contribution in [2.24, 2.45) is 0 Å². The molecule has 3 N–H and O–H groups in total. The molecule has 1 aliphatic carbocycles. The first-order chi connectivity index (χ1) is 12.0. The fourth-order valence-corrected chi connectivity index (χ4v) is 2.54. The summed E-state index contributed by atoms with van der Waals surface area (Å²) >= 11 is 0. The third-order valence-electron chi connectivity index (χ3n) is 3.89. The number of nitrogens with zero attached hydrogens (tertiary/aromatic N) is 1. The van der Waals surface area contributed by atoms with Crippen LogP contribution in [0.4, 0.5) is 0 Å². The molecule has 0 radical (unpaired) electrons.